The average Bonchev–Trinajstić information content (AvgIpc) is 2.73. The second-order valence-electron chi connectivity index (χ2n) is 7.11. The topological polar surface area (TPSA) is 63.2 Å². The van der Waals surface area contributed by atoms with E-state index in [1.165, 1.54) is 0 Å². The summed E-state index contributed by atoms with van der Waals surface area (Å²) in [6.45, 7) is 10.6. The van der Waals surface area contributed by atoms with Crippen LogP contribution in [0.15, 0.2) is 24.4 Å². The minimum Gasteiger partial charge on any atom is -0.378 e. The van der Waals surface area contributed by atoms with E-state index in [0.29, 0.717) is 0 Å². The summed E-state index contributed by atoms with van der Waals surface area (Å²) in [7, 11) is 0. The van der Waals surface area contributed by atoms with E-state index in [1.807, 2.05) is 18.3 Å². The number of rotatable bonds is 7. The molecular weight excluding hydrogens is 358 g/mol. The van der Waals surface area contributed by atoms with Gasteiger partial charge in [0.25, 0.3) is 0 Å². The molecule has 0 unspecified atom stereocenters. The Morgan fingerprint density at radius 2 is 2.00 bits per heavy atom. The largest absolute Gasteiger partial charge is 0.378 e. The lowest BCUT2D eigenvalue weighted by atomic mass is 10.1. The number of anilines is 2. The summed E-state index contributed by atoms with van der Waals surface area (Å²) in [5.74, 6) is 2.58. The predicted molar refractivity (Wildman–Crippen MR) is 114 cm³/mol. The summed E-state index contributed by atoms with van der Waals surface area (Å²) in [5, 5.41) is 3.30. The van der Waals surface area contributed by atoms with Crippen LogP contribution in [0, 0.1) is 0 Å². The van der Waals surface area contributed by atoms with Crippen molar-refractivity contribution < 1.29 is 4.74 Å². The van der Waals surface area contributed by atoms with Gasteiger partial charge in [-0.05, 0) is 38.7 Å². The van der Waals surface area contributed by atoms with E-state index < -0.39 is 0 Å². The summed E-state index contributed by atoms with van der Waals surface area (Å²) < 4.78 is 5.41. The molecule has 2 aromatic heterocycles. The molecule has 6 nitrogen and oxygen atoms in total. The van der Waals surface area contributed by atoms with Crippen LogP contribution in [0.4, 0.5) is 11.6 Å². The van der Waals surface area contributed by atoms with Crippen LogP contribution in [0.3, 0.4) is 0 Å². The highest BCUT2D eigenvalue weighted by molar-refractivity contribution is 7.99. The standard InChI is InChI=1S/C20H29N5OS/c1-5-8-21-17-7-6-15(14-22-17)19-23-16(20(2,3)27-4)13-18(24-19)25-9-11-26-12-10-25/h6-7,13-14H,5,8-12H2,1-4H3,(H,21,22). The normalized spacial score (nSPS) is 15.0. The Balaban J connectivity index is 1.96. The third-order valence-electron chi connectivity index (χ3n) is 4.75. The highest BCUT2D eigenvalue weighted by Crippen LogP contribution is 2.35. The first-order chi connectivity index (χ1) is 13.0. The van der Waals surface area contributed by atoms with Gasteiger partial charge < -0.3 is 15.0 Å². The minimum absolute atomic E-state index is 0.0885. The molecule has 27 heavy (non-hydrogen) atoms. The van der Waals surface area contributed by atoms with Crippen LogP contribution in [0.1, 0.15) is 32.9 Å². The lowest BCUT2D eigenvalue weighted by molar-refractivity contribution is 0.122. The molecule has 0 atom stereocenters. The monoisotopic (exact) mass is 387 g/mol. The molecule has 0 saturated carbocycles. The molecule has 0 radical (unpaired) electrons. The van der Waals surface area contributed by atoms with E-state index in [-0.39, 0.29) is 4.75 Å². The Labute approximate surface area is 166 Å². The highest BCUT2D eigenvalue weighted by atomic mass is 32.2. The number of morpholine rings is 1. The zero-order chi connectivity index (χ0) is 19.3. The number of aromatic nitrogens is 3. The fourth-order valence-corrected chi connectivity index (χ4v) is 3.13. The first-order valence-electron chi connectivity index (χ1n) is 9.51. The second-order valence-corrected chi connectivity index (χ2v) is 8.54. The minimum atomic E-state index is -0.0885. The number of nitrogens with one attached hydrogen (secondary N) is 1. The summed E-state index contributed by atoms with van der Waals surface area (Å²) in [5.41, 5.74) is 1.97. The summed E-state index contributed by atoms with van der Waals surface area (Å²) in [6, 6.07) is 6.16. The summed E-state index contributed by atoms with van der Waals surface area (Å²) in [4.78, 5) is 16.5. The molecule has 1 aliphatic heterocycles. The van der Waals surface area contributed by atoms with Gasteiger partial charge in [-0.1, -0.05) is 6.92 Å². The predicted octanol–water partition coefficient (Wildman–Crippen LogP) is 3.80. The van der Waals surface area contributed by atoms with Crippen LogP contribution in [0.2, 0.25) is 0 Å². The SMILES string of the molecule is CCCNc1ccc(-c2nc(N3CCOCC3)cc(C(C)(C)SC)n2)cn1. The van der Waals surface area contributed by atoms with Crippen LogP contribution in [0.5, 0.6) is 0 Å². The summed E-state index contributed by atoms with van der Waals surface area (Å²) >= 11 is 1.79. The van der Waals surface area contributed by atoms with Gasteiger partial charge in [-0.25, -0.2) is 15.0 Å². The molecule has 2 aromatic rings. The number of hydrogen-bond donors (Lipinski definition) is 1. The molecule has 0 aliphatic carbocycles. The van der Waals surface area contributed by atoms with E-state index in [4.69, 9.17) is 14.7 Å². The van der Waals surface area contributed by atoms with Crippen molar-refractivity contribution in [2.24, 2.45) is 0 Å². The van der Waals surface area contributed by atoms with E-state index >= 15 is 0 Å². The van der Waals surface area contributed by atoms with Crippen LogP contribution in [-0.4, -0.2) is 54.1 Å². The second kappa shape index (κ2) is 8.89. The van der Waals surface area contributed by atoms with Gasteiger partial charge in [0.05, 0.1) is 23.7 Å². The van der Waals surface area contributed by atoms with Crippen molar-refractivity contribution in [3.05, 3.63) is 30.1 Å². The molecule has 0 aromatic carbocycles. The van der Waals surface area contributed by atoms with E-state index in [2.05, 4.69) is 48.3 Å². The number of thioether (sulfide) groups is 1. The van der Waals surface area contributed by atoms with Crippen LogP contribution in [0.25, 0.3) is 11.4 Å². The van der Waals surface area contributed by atoms with Gasteiger partial charge in [0.2, 0.25) is 0 Å². The van der Waals surface area contributed by atoms with Crippen molar-refractivity contribution >= 4 is 23.4 Å². The number of pyridine rings is 1. The Bertz CT molecular complexity index is 745. The molecule has 1 N–H and O–H groups in total. The van der Waals surface area contributed by atoms with Gasteiger partial charge in [0, 0.05) is 37.5 Å². The quantitative estimate of drug-likeness (QED) is 0.775. The Morgan fingerprint density at radius 1 is 1.22 bits per heavy atom. The lowest BCUT2D eigenvalue weighted by Crippen LogP contribution is -2.37. The fourth-order valence-electron chi connectivity index (χ4n) is 2.81. The van der Waals surface area contributed by atoms with Gasteiger partial charge >= 0.3 is 0 Å². The first-order valence-corrected chi connectivity index (χ1v) is 10.7. The lowest BCUT2D eigenvalue weighted by Gasteiger charge is -2.30. The molecule has 1 saturated heterocycles. The molecule has 1 aliphatic rings. The maximum absolute atomic E-state index is 5.49. The Morgan fingerprint density at radius 3 is 2.63 bits per heavy atom. The molecule has 146 valence electrons. The zero-order valence-corrected chi connectivity index (χ0v) is 17.5. The molecule has 3 heterocycles. The highest BCUT2D eigenvalue weighted by Gasteiger charge is 2.25. The molecule has 0 bridgehead atoms. The van der Waals surface area contributed by atoms with Gasteiger partial charge in [-0.2, -0.15) is 11.8 Å². The number of hydrogen-bond acceptors (Lipinski definition) is 7. The maximum Gasteiger partial charge on any atom is 0.163 e. The van der Waals surface area contributed by atoms with Gasteiger partial charge in [-0.3, -0.25) is 0 Å². The molecule has 7 heteroatoms. The number of ether oxygens (including phenoxy) is 1. The molecule has 0 spiro atoms. The molecule has 1 fully saturated rings. The third kappa shape index (κ3) is 4.90. The average molecular weight is 388 g/mol. The number of nitrogens with zero attached hydrogens (tertiary/aromatic N) is 4. The third-order valence-corrected chi connectivity index (χ3v) is 5.98. The van der Waals surface area contributed by atoms with Crippen molar-refractivity contribution in [3.63, 3.8) is 0 Å². The molecule has 3 rings (SSSR count). The molecular formula is C20H29N5OS. The van der Waals surface area contributed by atoms with Crippen molar-refractivity contribution in [1.29, 1.82) is 0 Å². The van der Waals surface area contributed by atoms with Gasteiger partial charge in [-0.15, -0.1) is 0 Å². The van der Waals surface area contributed by atoms with Crippen LogP contribution < -0.4 is 10.2 Å². The van der Waals surface area contributed by atoms with Crippen LogP contribution >= 0.6 is 11.8 Å². The van der Waals surface area contributed by atoms with Crippen molar-refractivity contribution in [3.8, 4) is 11.4 Å². The Kier molecular flexibility index (Phi) is 6.55. The van der Waals surface area contributed by atoms with Crippen molar-refractivity contribution in [2.75, 3.05) is 49.3 Å². The van der Waals surface area contributed by atoms with Crippen molar-refractivity contribution in [1.82, 2.24) is 15.0 Å². The molecule has 0 amide bonds. The fraction of sp³-hybridized carbons (Fsp3) is 0.550. The Hall–Kier alpha value is -1.86. The maximum atomic E-state index is 5.49. The zero-order valence-electron chi connectivity index (χ0n) is 16.7. The van der Waals surface area contributed by atoms with Gasteiger partial charge in [0.15, 0.2) is 5.82 Å². The van der Waals surface area contributed by atoms with E-state index in [1.54, 1.807) is 11.8 Å². The van der Waals surface area contributed by atoms with Crippen LogP contribution in [-0.2, 0) is 9.48 Å². The van der Waals surface area contributed by atoms with E-state index in [9.17, 15) is 0 Å². The van der Waals surface area contributed by atoms with Gasteiger partial charge in [0.1, 0.15) is 11.6 Å². The first kappa shape index (κ1) is 19.9. The smallest absolute Gasteiger partial charge is 0.163 e. The van der Waals surface area contributed by atoms with Crippen molar-refractivity contribution in [2.45, 2.75) is 31.9 Å². The summed E-state index contributed by atoms with van der Waals surface area (Å²) in [6.07, 6.45) is 5.04. The van der Waals surface area contributed by atoms with E-state index in [0.717, 1.165) is 68.0 Å².